The van der Waals surface area contributed by atoms with Crippen molar-refractivity contribution in [2.45, 2.75) is 30.7 Å². The summed E-state index contributed by atoms with van der Waals surface area (Å²) in [6.45, 7) is 0.900. The number of hydrogen-bond donors (Lipinski definition) is 4. The summed E-state index contributed by atoms with van der Waals surface area (Å²) in [6, 6.07) is 4.44. The molecule has 21 heavy (non-hydrogen) atoms. The maximum Gasteiger partial charge on any atom is 0.404 e. The highest BCUT2D eigenvalue weighted by Gasteiger charge is 2.59. The number of nitrogens with one attached hydrogen (secondary N) is 1. The zero-order chi connectivity index (χ0) is 14.7. The van der Waals surface area contributed by atoms with E-state index in [4.69, 9.17) is 10.5 Å². The van der Waals surface area contributed by atoms with Crippen molar-refractivity contribution in [2.75, 3.05) is 18.1 Å². The second-order valence-electron chi connectivity index (χ2n) is 5.88. The van der Waals surface area contributed by atoms with Crippen molar-refractivity contribution in [3.05, 3.63) is 23.3 Å². The molecule has 0 aromatic heterocycles. The fourth-order valence-electron chi connectivity index (χ4n) is 3.86. The second kappa shape index (κ2) is 4.25. The number of hydrogen-bond acceptors (Lipinski definition) is 6. The van der Waals surface area contributed by atoms with E-state index in [-0.39, 0.29) is 30.9 Å². The lowest BCUT2D eigenvalue weighted by Gasteiger charge is -2.25. The van der Waals surface area contributed by atoms with Crippen LogP contribution in [0.4, 0.5) is 10.5 Å². The molecule has 0 saturated carbocycles. The molecule has 0 radical (unpaired) electrons. The van der Waals surface area contributed by atoms with Crippen molar-refractivity contribution in [1.29, 1.82) is 0 Å². The minimum atomic E-state index is -0.806. The number of aliphatic hydroxyl groups excluding tert-OH is 1. The number of aliphatic hydroxyl groups is 1. The number of rotatable bonds is 3. The summed E-state index contributed by atoms with van der Waals surface area (Å²) >= 11 is 0. The van der Waals surface area contributed by atoms with Crippen LogP contribution in [0.2, 0.25) is 0 Å². The third kappa shape index (κ3) is 1.77. The molecule has 0 spiro atoms. The Bertz CT molecular complexity index is 620. The summed E-state index contributed by atoms with van der Waals surface area (Å²) in [6.07, 6.45) is -0.806. The Morgan fingerprint density at radius 3 is 3.05 bits per heavy atom. The van der Waals surface area contributed by atoms with Crippen molar-refractivity contribution in [2.24, 2.45) is 5.73 Å². The third-order valence-corrected chi connectivity index (χ3v) is 4.73. The molecule has 1 amide bonds. The van der Waals surface area contributed by atoms with Gasteiger partial charge >= 0.3 is 6.09 Å². The maximum absolute atomic E-state index is 10.9. The van der Waals surface area contributed by atoms with Crippen LogP contribution in [0.25, 0.3) is 0 Å². The average Bonchev–Trinajstić information content (AvgIpc) is 3.00. The number of nitrogens with zero attached hydrogens (tertiary/aromatic N) is 1. The van der Waals surface area contributed by atoms with Crippen LogP contribution in [-0.4, -0.2) is 47.6 Å². The first kappa shape index (κ1) is 12.7. The molecule has 7 nitrogen and oxygen atoms in total. The minimum Gasteiger partial charge on any atom is -0.508 e. The van der Waals surface area contributed by atoms with Gasteiger partial charge in [-0.1, -0.05) is 0 Å². The van der Waals surface area contributed by atoms with Gasteiger partial charge in [0.15, 0.2) is 0 Å². The molecular weight excluding hydrogens is 274 g/mol. The summed E-state index contributed by atoms with van der Waals surface area (Å²) in [5.74, 6) is 0.0338. The Morgan fingerprint density at radius 2 is 2.33 bits per heavy atom. The van der Waals surface area contributed by atoms with E-state index >= 15 is 0 Å². The van der Waals surface area contributed by atoms with Crippen LogP contribution in [0.3, 0.4) is 0 Å². The zero-order valence-corrected chi connectivity index (χ0v) is 11.3. The van der Waals surface area contributed by atoms with Crippen molar-refractivity contribution < 1.29 is 19.7 Å². The van der Waals surface area contributed by atoms with Crippen LogP contribution < -0.4 is 16.0 Å². The minimum absolute atomic E-state index is 0.106. The van der Waals surface area contributed by atoms with Crippen LogP contribution in [0.5, 0.6) is 5.75 Å². The lowest BCUT2D eigenvalue weighted by Crippen LogP contribution is -2.38. The highest BCUT2D eigenvalue weighted by molar-refractivity contribution is 5.71. The summed E-state index contributed by atoms with van der Waals surface area (Å²) in [5, 5.41) is 23.0. The average molecular weight is 291 g/mol. The monoisotopic (exact) mass is 291 g/mol. The highest BCUT2D eigenvalue weighted by atomic mass is 16.5. The molecule has 112 valence electrons. The number of phenols is 1. The molecule has 3 aliphatic rings. The van der Waals surface area contributed by atoms with Gasteiger partial charge in [-0.05, 0) is 17.7 Å². The van der Waals surface area contributed by atoms with E-state index in [1.165, 1.54) is 0 Å². The molecule has 4 rings (SSSR count). The van der Waals surface area contributed by atoms with Gasteiger partial charge in [-0.3, -0.25) is 0 Å². The summed E-state index contributed by atoms with van der Waals surface area (Å²) < 4.78 is 4.99. The van der Waals surface area contributed by atoms with E-state index in [0.717, 1.165) is 17.8 Å². The third-order valence-electron chi connectivity index (χ3n) is 4.73. The summed E-state index contributed by atoms with van der Waals surface area (Å²) in [7, 11) is 0. The largest absolute Gasteiger partial charge is 0.508 e. The summed E-state index contributed by atoms with van der Waals surface area (Å²) in [4.78, 5) is 13.1. The predicted molar refractivity (Wildman–Crippen MR) is 74.2 cm³/mol. The smallest absolute Gasteiger partial charge is 0.404 e. The number of piperazine rings is 1. The molecule has 3 heterocycles. The van der Waals surface area contributed by atoms with Gasteiger partial charge in [0.05, 0.1) is 12.6 Å². The quantitative estimate of drug-likeness (QED) is 0.563. The first-order valence-electron chi connectivity index (χ1n) is 7.01. The van der Waals surface area contributed by atoms with Gasteiger partial charge in [-0.25, -0.2) is 4.79 Å². The molecule has 0 aliphatic carbocycles. The molecule has 3 aliphatic heterocycles. The maximum atomic E-state index is 10.9. The van der Waals surface area contributed by atoms with E-state index in [2.05, 4.69) is 10.2 Å². The van der Waals surface area contributed by atoms with Crippen LogP contribution in [-0.2, 0) is 11.3 Å². The van der Waals surface area contributed by atoms with E-state index in [9.17, 15) is 15.0 Å². The summed E-state index contributed by atoms with van der Waals surface area (Å²) in [5.41, 5.74) is 7.46. The number of ether oxygens (including phenoxy) is 1. The Balaban J connectivity index is 1.75. The molecular formula is C14H17N3O4. The van der Waals surface area contributed by atoms with Crippen LogP contribution in [0.15, 0.2) is 12.1 Å². The first-order chi connectivity index (χ1) is 10.1. The Labute approximate surface area is 121 Å². The van der Waals surface area contributed by atoms with Gasteiger partial charge in [-0.2, -0.15) is 0 Å². The van der Waals surface area contributed by atoms with E-state index in [1.54, 1.807) is 6.07 Å². The van der Waals surface area contributed by atoms with E-state index < -0.39 is 6.09 Å². The van der Waals surface area contributed by atoms with Gasteiger partial charge in [0, 0.05) is 35.8 Å². The van der Waals surface area contributed by atoms with Crippen molar-refractivity contribution in [3.8, 4) is 5.75 Å². The normalized spacial score (nSPS) is 31.6. The number of anilines is 1. The van der Waals surface area contributed by atoms with Crippen molar-refractivity contribution >= 4 is 11.8 Å². The van der Waals surface area contributed by atoms with Crippen molar-refractivity contribution in [1.82, 2.24) is 5.32 Å². The van der Waals surface area contributed by atoms with Gasteiger partial charge in [0.1, 0.15) is 12.4 Å². The fourth-order valence-corrected chi connectivity index (χ4v) is 3.86. The number of primary amides is 1. The molecule has 4 atom stereocenters. The number of nitrogens with two attached hydrogens (primary N) is 1. The second-order valence-corrected chi connectivity index (χ2v) is 5.88. The van der Waals surface area contributed by atoms with E-state index in [0.29, 0.717) is 17.6 Å². The lowest BCUT2D eigenvalue weighted by molar-refractivity contribution is 0.145. The Hall–Kier alpha value is -1.99. The van der Waals surface area contributed by atoms with E-state index in [1.807, 2.05) is 6.07 Å². The van der Waals surface area contributed by atoms with Gasteiger partial charge in [0.2, 0.25) is 0 Å². The van der Waals surface area contributed by atoms with Crippen molar-refractivity contribution in [3.63, 3.8) is 0 Å². The number of fused-ring (bicyclic) bond motifs is 5. The molecule has 2 saturated heterocycles. The SMILES string of the molecule is NC(=O)OC[C@H]1c2c(O)cc(CO)cc2N2C[C@@H]3N[C@@H]3[C@H]12. The molecule has 0 unspecified atom stereocenters. The predicted octanol–water partition coefficient (Wildman–Crippen LogP) is -0.394. The first-order valence-corrected chi connectivity index (χ1v) is 7.01. The Morgan fingerprint density at radius 1 is 1.52 bits per heavy atom. The van der Waals surface area contributed by atoms with Gasteiger partial charge in [0.25, 0.3) is 0 Å². The van der Waals surface area contributed by atoms with Gasteiger partial charge in [-0.15, -0.1) is 0 Å². The van der Waals surface area contributed by atoms with Crippen LogP contribution >= 0.6 is 0 Å². The topological polar surface area (TPSA) is 118 Å². The molecule has 7 heteroatoms. The number of benzene rings is 1. The lowest BCUT2D eigenvalue weighted by atomic mass is 9.92. The van der Waals surface area contributed by atoms with Gasteiger partial charge < -0.3 is 30.9 Å². The standard InChI is InChI=1S/C14H17N3O4/c15-14(20)21-5-7-11-9(1-6(4-18)2-10(11)19)17-3-8-12(16-8)13(7)17/h1-2,7-8,12-13,16,18-19H,3-5H2,(H2,15,20)/t7-,8-,12-,13-/m0/s1. The molecule has 2 fully saturated rings. The number of phenolic OH excluding ortho intramolecular Hbond substituents is 1. The molecule has 1 aromatic rings. The number of carbonyl (C=O) groups is 1. The molecule has 0 bridgehead atoms. The Kier molecular flexibility index (Phi) is 2.58. The number of amides is 1. The fraction of sp³-hybridized carbons (Fsp3) is 0.500. The zero-order valence-electron chi connectivity index (χ0n) is 11.3. The number of carbonyl (C=O) groups excluding carboxylic acids is 1. The molecule has 5 N–H and O–H groups in total. The number of aromatic hydroxyl groups is 1. The van der Waals surface area contributed by atoms with Crippen LogP contribution in [0, 0.1) is 0 Å². The van der Waals surface area contributed by atoms with Crippen LogP contribution in [0.1, 0.15) is 17.0 Å². The molecule has 1 aromatic carbocycles. The highest BCUT2D eigenvalue weighted by Crippen LogP contribution is 2.52.